The van der Waals surface area contributed by atoms with Crippen molar-refractivity contribution in [3.63, 3.8) is 0 Å². The van der Waals surface area contributed by atoms with Crippen LogP contribution in [0.5, 0.6) is 5.75 Å². The van der Waals surface area contributed by atoms with Gasteiger partial charge in [0.25, 0.3) is 5.56 Å². The maximum absolute atomic E-state index is 11.5. The molecule has 2 aromatic rings. The van der Waals surface area contributed by atoms with Crippen LogP contribution in [-0.4, -0.2) is 11.2 Å². The van der Waals surface area contributed by atoms with Gasteiger partial charge in [-0.05, 0) is 23.8 Å². The van der Waals surface area contributed by atoms with Gasteiger partial charge in [0.2, 0.25) is 0 Å². The molecule has 19 heavy (non-hydrogen) atoms. The van der Waals surface area contributed by atoms with E-state index in [0.717, 1.165) is 11.3 Å². The van der Waals surface area contributed by atoms with E-state index in [-0.39, 0.29) is 5.56 Å². The first-order valence-electron chi connectivity index (χ1n) is 6.04. The smallest absolute Gasteiger partial charge is 0.250 e. The van der Waals surface area contributed by atoms with Crippen LogP contribution in [0.1, 0.15) is 5.56 Å². The summed E-state index contributed by atoms with van der Waals surface area (Å²) < 4.78 is 7.16. The fraction of sp³-hybridized carbons (Fsp3) is 0.200. The van der Waals surface area contributed by atoms with Crippen molar-refractivity contribution in [2.24, 2.45) is 0 Å². The average Bonchev–Trinajstić information content (AvgIpc) is 2.43. The number of nitrogens with zero attached hydrogens (tertiary/aromatic N) is 2. The molecule has 96 valence electrons. The molecule has 0 bridgehead atoms. The second-order valence-electron chi connectivity index (χ2n) is 4.06. The van der Waals surface area contributed by atoms with Gasteiger partial charge < -0.3 is 9.30 Å². The van der Waals surface area contributed by atoms with Crippen molar-refractivity contribution in [3.8, 4) is 11.8 Å². The molecule has 0 amide bonds. The molecule has 0 unspecified atom stereocenters. The predicted molar refractivity (Wildman–Crippen MR) is 72.0 cm³/mol. The van der Waals surface area contributed by atoms with Gasteiger partial charge in [-0.25, -0.2) is 0 Å². The van der Waals surface area contributed by atoms with Crippen molar-refractivity contribution in [1.29, 1.82) is 5.26 Å². The molecule has 0 saturated heterocycles. The van der Waals surface area contributed by atoms with E-state index in [1.165, 1.54) is 6.07 Å². The van der Waals surface area contributed by atoms with Crippen molar-refractivity contribution in [1.82, 2.24) is 4.57 Å². The molecule has 0 fully saturated rings. The van der Waals surface area contributed by atoms with Crippen LogP contribution in [-0.2, 0) is 13.0 Å². The van der Waals surface area contributed by atoms with E-state index in [1.54, 1.807) is 16.8 Å². The van der Waals surface area contributed by atoms with Crippen molar-refractivity contribution < 1.29 is 4.74 Å². The summed E-state index contributed by atoms with van der Waals surface area (Å²) >= 11 is 0. The van der Waals surface area contributed by atoms with Crippen LogP contribution < -0.4 is 10.3 Å². The molecule has 2 rings (SSSR count). The molecular formula is C15H14N2O2. The third kappa shape index (κ3) is 3.71. The standard InChI is InChI=1S/C15H14N2O2/c16-9-8-13-4-6-14(7-5-13)19-12-11-17-10-2-1-3-15(17)18/h1-7,10H,8,11-12H2. The van der Waals surface area contributed by atoms with Gasteiger partial charge in [-0.15, -0.1) is 0 Å². The van der Waals surface area contributed by atoms with Gasteiger partial charge in [0.1, 0.15) is 12.4 Å². The maximum atomic E-state index is 11.5. The van der Waals surface area contributed by atoms with Crippen LogP contribution in [0.4, 0.5) is 0 Å². The Bertz CT molecular complexity index is 624. The monoisotopic (exact) mass is 254 g/mol. The summed E-state index contributed by atoms with van der Waals surface area (Å²) in [5, 5.41) is 8.57. The SMILES string of the molecule is N#CCc1ccc(OCCn2ccccc2=O)cc1. The average molecular weight is 254 g/mol. The van der Waals surface area contributed by atoms with Crippen molar-refractivity contribution in [3.05, 3.63) is 64.6 Å². The Kier molecular flexibility index (Phi) is 4.35. The van der Waals surface area contributed by atoms with E-state index in [4.69, 9.17) is 10.00 Å². The third-order valence-corrected chi connectivity index (χ3v) is 2.71. The Morgan fingerprint density at radius 2 is 1.95 bits per heavy atom. The lowest BCUT2D eigenvalue weighted by Gasteiger charge is -2.08. The summed E-state index contributed by atoms with van der Waals surface area (Å²) in [4.78, 5) is 11.5. The zero-order chi connectivity index (χ0) is 13.5. The third-order valence-electron chi connectivity index (χ3n) is 2.71. The molecule has 4 heteroatoms. The number of benzene rings is 1. The molecule has 0 spiro atoms. The largest absolute Gasteiger partial charge is 0.492 e. The molecule has 1 aromatic carbocycles. The second-order valence-corrected chi connectivity index (χ2v) is 4.06. The van der Waals surface area contributed by atoms with Gasteiger partial charge in [-0.2, -0.15) is 5.26 Å². The predicted octanol–water partition coefficient (Wildman–Crippen LogP) is 1.99. The number of hydrogen-bond acceptors (Lipinski definition) is 3. The number of hydrogen-bond donors (Lipinski definition) is 0. The lowest BCUT2D eigenvalue weighted by molar-refractivity contribution is 0.296. The zero-order valence-electron chi connectivity index (χ0n) is 10.5. The fourth-order valence-electron chi connectivity index (χ4n) is 1.70. The van der Waals surface area contributed by atoms with Crippen LogP contribution in [0.2, 0.25) is 0 Å². The highest BCUT2D eigenvalue weighted by Crippen LogP contribution is 2.12. The van der Waals surface area contributed by atoms with Crippen LogP contribution in [0.25, 0.3) is 0 Å². The van der Waals surface area contributed by atoms with Crippen LogP contribution in [0.3, 0.4) is 0 Å². The van der Waals surface area contributed by atoms with Gasteiger partial charge in [0, 0.05) is 12.3 Å². The highest BCUT2D eigenvalue weighted by atomic mass is 16.5. The lowest BCUT2D eigenvalue weighted by Crippen LogP contribution is -2.21. The zero-order valence-corrected chi connectivity index (χ0v) is 10.5. The minimum atomic E-state index is -0.0320. The molecule has 0 aliphatic rings. The highest BCUT2D eigenvalue weighted by Gasteiger charge is 1.97. The summed E-state index contributed by atoms with van der Waals surface area (Å²) in [5.41, 5.74) is 0.935. The number of nitriles is 1. The van der Waals surface area contributed by atoms with E-state index >= 15 is 0 Å². The summed E-state index contributed by atoms with van der Waals surface area (Å²) in [7, 11) is 0. The van der Waals surface area contributed by atoms with E-state index in [2.05, 4.69) is 6.07 Å². The fourth-order valence-corrected chi connectivity index (χ4v) is 1.70. The van der Waals surface area contributed by atoms with Gasteiger partial charge in [-0.1, -0.05) is 18.2 Å². The van der Waals surface area contributed by atoms with Crippen LogP contribution in [0, 0.1) is 11.3 Å². The first-order valence-corrected chi connectivity index (χ1v) is 6.04. The first kappa shape index (κ1) is 12.9. The molecule has 0 saturated carbocycles. The highest BCUT2D eigenvalue weighted by molar-refractivity contribution is 5.28. The lowest BCUT2D eigenvalue weighted by atomic mass is 10.2. The van der Waals surface area contributed by atoms with Gasteiger partial charge in [-0.3, -0.25) is 4.79 Å². The van der Waals surface area contributed by atoms with E-state index in [0.29, 0.717) is 19.6 Å². The molecule has 1 heterocycles. The molecule has 4 nitrogen and oxygen atoms in total. The van der Waals surface area contributed by atoms with Crippen LogP contribution in [0.15, 0.2) is 53.5 Å². The Labute approximate surface area is 111 Å². The topological polar surface area (TPSA) is 55.0 Å². The van der Waals surface area contributed by atoms with E-state index < -0.39 is 0 Å². The maximum Gasteiger partial charge on any atom is 0.250 e. The number of pyridine rings is 1. The van der Waals surface area contributed by atoms with Crippen molar-refractivity contribution in [2.45, 2.75) is 13.0 Å². The second kappa shape index (κ2) is 6.41. The van der Waals surface area contributed by atoms with Crippen LogP contribution >= 0.6 is 0 Å². The summed E-state index contributed by atoms with van der Waals surface area (Å²) in [6, 6.07) is 14.6. The van der Waals surface area contributed by atoms with Gasteiger partial charge in [0.15, 0.2) is 0 Å². The molecule has 0 atom stereocenters. The first-order chi connectivity index (χ1) is 9.29. The minimum Gasteiger partial charge on any atom is -0.492 e. The quantitative estimate of drug-likeness (QED) is 0.820. The Hall–Kier alpha value is -2.54. The Morgan fingerprint density at radius 1 is 1.16 bits per heavy atom. The number of rotatable bonds is 5. The number of ether oxygens (including phenoxy) is 1. The molecule has 1 aromatic heterocycles. The molecule has 0 aliphatic heterocycles. The van der Waals surface area contributed by atoms with Crippen molar-refractivity contribution in [2.75, 3.05) is 6.61 Å². The summed E-state index contributed by atoms with van der Waals surface area (Å²) in [6.07, 6.45) is 2.14. The summed E-state index contributed by atoms with van der Waals surface area (Å²) in [6.45, 7) is 0.946. The van der Waals surface area contributed by atoms with Gasteiger partial charge >= 0.3 is 0 Å². The molecule has 0 N–H and O–H groups in total. The Balaban J connectivity index is 1.88. The number of aromatic nitrogens is 1. The Morgan fingerprint density at radius 3 is 2.63 bits per heavy atom. The minimum absolute atomic E-state index is 0.0320. The molecule has 0 radical (unpaired) electrons. The van der Waals surface area contributed by atoms with E-state index in [9.17, 15) is 4.79 Å². The van der Waals surface area contributed by atoms with Crippen molar-refractivity contribution >= 4 is 0 Å². The van der Waals surface area contributed by atoms with Gasteiger partial charge in [0.05, 0.1) is 19.0 Å². The van der Waals surface area contributed by atoms with E-state index in [1.807, 2.05) is 30.3 Å². The summed E-state index contributed by atoms with van der Waals surface area (Å²) in [5.74, 6) is 0.741. The molecule has 0 aliphatic carbocycles. The normalized spacial score (nSPS) is 9.84. The molecular weight excluding hydrogens is 240 g/mol.